The van der Waals surface area contributed by atoms with Gasteiger partial charge in [-0.3, -0.25) is 4.79 Å². The van der Waals surface area contributed by atoms with Gasteiger partial charge in [0.15, 0.2) is 4.87 Å². The molecule has 0 spiro atoms. The minimum atomic E-state index is -1.39. The predicted molar refractivity (Wildman–Crippen MR) is 107 cm³/mol. The second kappa shape index (κ2) is 10.1. The quantitative estimate of drug-likeness (QED) is 0.368. The number of hydrogen-bond acceptors (Lipinski definition) is 5. The fourth-order valence-corrected chi connectivity index (χ4v) is 3.67. The van der Waals surface area contributed by atoms with Gasteiger partial charge in [0.05, 0.1) is 0 Å². The lowest BCUT2D eigenvalue weighted by Gasteiger charge is -2.44. The summed E-state index contributed by atoms with van der Waals surface area (Å²) >= 11 is 5.46. The molecule has 7 heteroatoms. The molecule has 0 aliphatic carbocycles. The summed E-state index contributed by atoms with van der Waals surface area (Å²) in [5.41, 5.74) is 1.02. The highest BCUT2D eigenvalue weighted by Gasteiger charge is 2.46. The van der Waals surface area contributed by atoms with Gasteiger partial charge in [-0.15, -0.1) is 11.8 Å². The predicted octanol–water partition coefficient (Wildman–Crippen LogP) is 3.37. The van der Waals surface area contributed by atoms with Gasteiger partial charge < -0.3 is 5.11 Å². The third kappa shape index (κ3) is 5.39. The van der Waals surface area contributed by atoms with Crippen molar-refractivity contribution < 1.29 is 14.7 Å². The van der Waals surface area contributed by atoms with E-state index in [-0.39, 0.29) is 11.8 Å². The Morgan fingerprint density at radius 1 is 1.24 bits per heavy atom. The summed E-state index contributed by atoms with van der Waals surface area (Å²) in [6.07, 6.45) is 0. The highest BCUT2D eigenvalue weighted by molar-refractivity contribution is 8.00. The van der Waals surface area contributed by atoms with E-state index in [0.29, 0.717) is 24.6 Å². The number of thiol groups is 1. The van der Waals surface area contributed by atoms with Crippen LogP contribution in [-0.2, 0) is 15.3 Å². The van der Waals surface area contributed by atoms with Gasteiger partial charge in [0, 0.05) is 30.5 Å². The van der Waals surface area contributed by atoms with Crippen molar-refractivity contribution in [3.05, 3.63) is 35.9 Å². The summed E-state index contributed by atoms with van der Waals surface area (Å²) in [6, 6.07) is 9.67. The average molecular weight is 385 g/mol. The van der Waals surface area contributed by atoms with Crippen LogP contribution in [0.15, 0.2) is 30.3 Å². The Bertz CT molecular complexity index is 567. The minimum Gasteiger partial charge on any atom is -0.479 e. The number of rotatable bonds is 10. The van der Waals surface area contributed by atoms with Crippen LogP contribution in [0.1, 0.15) is 33.3 Å². The summed E-state index contributed by atoms with van der Waals surface area (Å²) < 4.78 is 0. The Kier molecular flexibility index (Phi) is 8.82. The monoisotopic (exact) mass is 384 g/mol. The number of hydrazine groups is 1. The smallest absolute Gasteiger partial charge is 0.341 e. The van der Waals surface area contributed by atoms with Crippen molar-refractivity contribution in [2.24, 2.45) is 5.92 Å². The topological polar surface area (TPSA) is 60.9 Å². The maximum absolute atomic E-state index is 13.0. The van der Waals surface area contributed by atoms with Crippen LogP contribution in [0.2, 0.25) is 0 Å². The Morgan fingerprint density at radius 2 is 1.80 bits per heavy atom. The molecule has 1 amide bonds. The van der Waals surface area contributed by atoms with Gasteiger partial charge >= 0.3 is 5.97 Å². The van der Waals surface area contributed by atoms with Crippen molar-refractivity contribution in [1.29, 1.82) is 0 Å². The first-order valence-corrected chi connectivity index (χ1v) is 10.0. The highest BCUT2D eigenvalue weighted by atomic mass is 32.2. The van der Waals surface area contributed by atoms with Crippen LogP contribution in [-0.4, -0.2) is 50.7 Å². The molecule has 1 unspecified atom stereocenters. The first-order valence-electron chi connectivity index (χ1n) is 8.42. The lowest BCUT2D eigenvalue weighted by Crippen LogP contribution is -2.61. The van der Waals surface area contributed by atoms with Gasteiger partial charge in [0.1, 0.15) is 0 Å². The standard InChI is InChI=1S/C18H28N2O3S2/c1-5-19(6-2)20(16(21)14(3)12-24)18(4,17(22)23)25-13-15-10-8-7-9-11-15/h7-11,14,24H,5-6,12-13H2,1-4H3,(H,22,23)/t14-,18?/m1/s1. The van der Waals surface area contributed by atoms with E-state index < -0.39 is 10.8 Å². The van der Waals surface area contributed by atoms with Gasteiger partial charge in [0.2, 0.25) is 5.91 Å². The third-order valence-electron chi connectivity index (χ3n) is 4.08. The molecule has 0 fully saturated rings. The van der Waals surface area contributed by atoms with Gasteiger partial charge in [-0.1, -0.05) is 51.1 Å². The number of benzene rings is 1. The molecule has 0 aliphatic heterocycles. The number of amides is 1. The average Bonchev–Trinajstić information content (AvgIpc) is 2.63. The highest BCUT2D eigenvalue weighted by Crippen LogP contribution is 2.35. The molecule has 25 heavy (non-hydrogen) atoms. The molecule has 140 valence electrons. The van der Waals surface area contributed by atoms with Gasteiger partial charge in [-0.05, 0) is 12.5 Å². The molecular weight excluding hydrogens is 356 g/mol. The third-order valence-corrected chi connectivity index (χ3v) is 6.02. The van der Waals surface area contributed by atoms with Crippen molar-refractivity contribution in [2.75, 3.05) is 18.8 Å². The van der Waals surface area contributed by atoms with E-state index >= 15 is 0 Å². The number of hydrogen-bond donors (Lipinski definition) is 2. The van der Waals surface area contributed by atoms with E-state index in [1.807, 2.05) is 44.2 Å². The number of aliphatic carboxylic acids is 1. The normalized spacial score (nSPS) is 14.8. The van der Waals surface area contributed by atoms with Crippen LogP contribution in [0.5, 0.6) is 0 Å². The summed E-state index contributed by atoms with van der Waals surface area (Å²) in [7, 11) is 0. The SMILES string of the molecule is CCN(CC)N(C(=O)[C@H](C)CS)C(C)(SCc1ccccc1)C(=O)O. The number of nitrogens with zero attached hydrogens (tertiary/aromatic N) is 2. The van der Waals surface area contributed by atoms with E-state index in [1.165, 1.54) is 16.8 Å². The minimum absolute atomic E-state index is 0.218. The van der Waals surface area contributed by atoms with Crippen LogP contribution in [0.25, 0.3) is 0 Å². The van der Waals surface area contributed by atoms with Crippen molar-refractivity contribution in [2.45, 2.75) is 38.3 Å². The van der Waals surface area contributed by atoms with Crippen molar-refractivity contribution in [3.8, 4) is 0 Å². The molecule has 0 aromatic heterocycles. The molecule has 1 aromatic carbocycles. The second-order valence-corrected chi connectivity index (χ2v) is 7.67. The van der Waals surface area contributed by atoms with Gasteiger partial charge in [-0.25, -0.2) is 14.8 Å². The Morgan fingerprint density at radius 3 is 2.24 bits per heavy atom. The maximum atomic E-state index is 13.0. The van der Waals surface area contributed by atoms with Crippen LogP contribution < -0.4 is 0 Å². The van der Waals surface area contributed by atoms with Crippen LogP contribution in [0.3, 0.4) is 0 Å². The van der Waals surface area contributed by atoms with E-state index in [9.17, 15) is 14.7 Å². The number of carbonyl (C=O) groups is 2. The summed E-state index contributed by atoms with van der Waals surface area (Å²) in [6.45, 7) is 8.31. The summed E-state index contributed by atoms with van der Waals surface area (Å²) in [5, 5.41) is 13.2. The zero-order chi connectivity index (χ0) is 19.0. The van der Waals surface area contributed by atoms with Crippen LogP contribution in [0.4, 0.5) is 0 Å². The molecule has 1 rings (SSSR count). The Labute approximate surface area is 160 Å². The summed E-state index contributed by atoms with van der Waals surface area (Å²) in [4.78, 5) is 23.7. The van der Waals surface area contributed by atoms with E-state index in [0.717, 1.165) is 5.56 Å². The van der Waals surface area contributed by atoms with Crippen LogP contribution >= 0.6 is 24.4 Å². The van der Waals surface area contributed by atoms with E-state index in [4.69, 9.17) is 0 Å². The van der Waals surface area contributed by atoms with Crippen molar-refractivity contribution in [3.63, 3.8) is 0 Å². The molecule has 2 atom stereocenters. The molecule has 0 saturated carbocycles. The largest absolute Gasteiger partial charge is 0.479 e. The van der Waals surface area contributed by atoms with Crippen molar-refractivity contribution >= 4 is 36.3 Å². The van der Waals surface area contributed by atoms with Gasteiger partial charge in [0.25, 0.3) is 0 Å². The molecule has 0 radical (unpaired) electrons. The van der Waals surface area contributed by atoms with E-state index in [2.05, 4.69) is 12.6 Å². The lowest BCUT2D eigenvalue weighted by molar-refractivity contribution is -0.172. The lowest BCUT2D eigenvalue weighted by atomic mass is 10.1. The molecule has 1 N–H and O–H groups in total. The molecule has 0 aliphatic rings. The number of carboxylic acids is 1. The first kappa shape index (κ1) is 21.9. The molecule has 0 bridgehead atoms. The zero-order valence-electron chi connectivity index (χ0n) is 15.3. The molecule has 0 saturated heterocycles. The Balaban J connectivity index is 3.20. The molecular formula is C18H28N2O3S2. The first-order chi connectivity index (χ1) is 11.8. The van der Waals surface area contributed by atoms with E-state index in [1.54, 1.807) is 18.9 Å². The number of carboxylic acid groups (broad SMARTS) is 1. The number of carbonyl (C=O) groups excluding carboxylic acids is 1. The Hall–Kier alpha value is -1.18. The van der Waals surface area contributed by atoms with Crippen LogP contribution in [0, 0.1) is 5.92 Å². The fraction of sp³-hybridized carbons (Fsp3) is 0.556. The second-order valence-electron chi connectivity index (χ2n) is 5.93. The number of thioether (sulfide) groups is 1. The molecule has 1 aromatic rings. The van der Waals surface area contributed by atoms with Crippen molar-refractivity contribution in [1.82, 2.24) is 10.0 Å². The maximum Gasteiger partial charge on any atom is 0.341 e. The molecule has 0 heterocycles. The fourth-order valence-electron chi connectivity index (χ4n) is 2.42. The zero-order valence-corrected chi connectivity index (χ0v) is 17.0. The van der Waals surface area contributed by atoms with Gasteiger partial charge in [-0.2, -0.15) is 12.6 Å². The molecule has 5 nitrogen and oxygen atoms in total. The summed E-state index contributed by atoms with van der Waals surface area (Å²) in [5.74, 6) is -0.733.